The van der Waals surface area contributed by atoms with Gasteiger partial charge in [-0.15, -0.1) is 0 Å². The molecule has 10 heteroatoms. The van der Waals surface area contributed by atoms with Gasteiger partial charge in [-0.05, 0) is 54.9 Å². The summed E-state index contributed by atoms with van der Waals surface area (Å²) in [6.07, 6.45) is 6.72. The molecule has 2 aliphatic rings. The number of rotatable bonds is 11. The number of esters is 1. The number of likely N-dealkylation sites (tertiary alicyclic amines) is 1. The zero-order valence-corrected chi connectivity index (χ0v) is 23.7. The van der Waals surface area contributed by atoms with Gasteiger partial charge in [-0.2, -0.15) is 0 Å². The van der Waals surface area contributed by atoms with Gasteiger partial charge in [-0.3, -0.25) is 19.6 Å². The predicted octanol–water partition coefficient (Wildman–Crippen LogP) is 3.45. The zero-order valence-electron chi connectivity index (χ0n) is 23.7. The van der Waals surface area contributed by atoms with Crippen LogP contribution in [-0.2, 0) is 19.1 Å². The molecule has 216 valence electrons. The number of benzene rings is 1. The highest BCUT2D eigenvalue weighted by Gasteiger charge is 2.38. The molecule has 1 saturated heterocycles. The SMILES string of the molecule is COC(=O)c1ccc(NC2CCN(C(=O)C(NC(=O)C(CC3CCCC3)CN(O)C=O)C(C)(C)C)CC2)cc1. The fourth-order valence-electron chi connectivity index (χ4n) is 5.57. The van der Waals surface area contributed by atoms with Gasteiger partial charge in [0.15, 0.2) is 0 Å². The molecule has 0 bridgehead atoms. The first kappa shape index (κ1) is 30.4. The molecule has 3 N–H and O–H groups in total. The van der Waals surface area contributed by atoms with Crippen LogP contribution in [-0.4, -0.2) is 78.2 Å². The second-order valence-corrected chi connectivity index (χ2v) is 11.9. The van der Waals surface area contributed by atoms with Crippen LogP contribution in [0.5, 0.6) is 0 Å². The second-order valence-electron chi connectivity index (χ2n) is 11.9. The molecule has 3 amide bonds. The Bertz CT molecular complexity index is 978. The van der Waals surface area contributed by atoms with Crippen LogP contribution in [0.25, 0.3) is 0 Å². The Kier molecular flexibility index (Phi) is 10.7. The third kappa shape index (κ3) is 8.68. The maximum atomic E-state index is 13.7. The van der Waals surface area contributed by atoms with Crippen LogP contribution in [0.2, 0.25) is 0 Å². The lowest BCUT2D eigenvalue weighted by Gasteiger charge is -2.39. The third-order valence-corrected chi connectivity index (χ3v) is 7.88. The van der Waals surface area contributed by atoms with E-state index >= 15 is 0 Å². The van der Waals surface area contributed by atoms with E-state index in [-0.39, 0.29) is 30.4 Å². The molecule has 1 aliphatic heterocycles. The van der Waals surface area contributed by atoms with Crippen molar-refractivity contribution in [3.8, 4) is 0 Å². The molecule has 0 spiro atoms. The van der Waals surface area contributed by atoms with E-state index in [9.17, 15) is 24.4 Å². The first-order chi connectivity index (χ1) is 18.5. The number of nitrogens with zero attached hydrogens (tertiary/aromatic N) is 2. The molecule has 1 heterocycles. The van der Waals surface area contributed by atoms with Crippen molar-refractivity contribution in [3.63, 3.8) is 0 Å². The quantitative estimate of drug-likeness (QED) is 0.168. The zero-order chi connectivity index (χ0) is 28.6. The fraction of sp³-hybridized carbons (Fsp3) is 0.655. The number of carbonyl (C=O) groups excluding carboxylic acids is 4. The Hall–Kier alpha value is -3.14. The number of hydrogen-bond donors (Lipinski definition) is 3. The van der Waals surface area contributed by atoms with Gasteiger partial charge < -0.3 is 20.3 Å². The number of carbonyl (C=O) groups is 4. The van der Waals surface area contributed by atoms with E-state index in [1.807, 2.05) is 37.8 Å². The number of nitrogens with one attached hydrogen (secondary N) is 2. The number of ether oxygens (including phenoxy) is 1. The minimum Gasteiger partial charge on any atom is -0.465 e. The molecule has 1 saturated carbocycles. The second kappa shape index (κ2) is 13.8. The summed E-state index contributed by atoms with van der Waals surface area (Å²) < 4.78 is 4.74. The number of amides is 3. The lowest BCUT2D eigenvalue weighted by atomic mass is 9.84. The fourth-order valence-corrected chi connectivity index (χ4v) is 5.57. The van der Waals surface area contributed by atoms with Gasteiger partial charge in [-0.1, -0.05) is 46.5 Å². The summed E-state index contributed by atoms with van der Waals surface area (Å²) in [7, 11) is 1.35. The topological polar surface area (TPSA) is 128 Å². The van der Waals surface area contributed by atoms with E-state index < -0.39 is 17.4 Å². The van der Waals surface area contributed by atoms with Crippen LogP contribution in [0.15, 0.2) is 24.3 Å². The number of methoxy groups -OCH3 is 1. The molecular formula is C29H44N4O6. The lowest BCUT2D eigenvalue weighted by Crippen LogP contribution is -2.58. The smallest absolute Gasteiger partial charge is 0.337 e. The van der Waals surface area contributed by atoms with E-state index in [1.165, 1.54) is 7.11 Å². The lowest BCUT2D eigenvalue weighted by molar-refractivity contribution is -0.156. The molecule has 2 fully saturated rings. The summed E-state index contributed by atoms with van der Waals surface area (Å²) in [6.45, 7) is 6.81. The van der Waals surface area contributed by atoms with Gasteiger partial charge in [0, 0.05) is 24.8 Å². The van der Waals surface area contributed by atoms with Gasteiger partial charge in [0.2, 0.25) is 18.2 Å². The first-order valence-corrected chi connectivity index (χ1v) is 14.0. The summed E-state index contributed by atoms with van der Waals surface area (Å²) in [4.78, 5) is 51.6. The number of hydroxylamine groups is 2. The summed E-state index contributed by atoms with van der Waals surface area (Å²) in [5, 5.41) is 16.8. The monoisotopic (exact) mass is 544 g/mol. The molecular weight excluding hydrogens is 500 g/mol. The van der Waals surface area contributed by atoms with Crippen molar-refractivity contribution in [1.82, 2.24) is 15.3 Å². The van der Waals surface area contributed by atoms with Crippen LogP contribution in [0.3, 0.4) is 0 Å². The molecule has 10 nitrogen and oxygen atoms in total. The summed E-state index contributed by atoms with van der Waals surface area (Å²) >= 11 is 0. The van der Waals surface area contributed by atoms with Crippen molar-refractivity contribution >= 4 is 29.9 Å². The van der Waals surface area contributed by atoms with Gasteiger partial charge in [0.25, 0.3) is 0 Å². The molecule has 0 radical (unpaired) electrons. The summed E-state index contributed by atoms with van der Waals surface area (Å²) in [5.41, 5.74) is 0.862. The molecule has 1 aromatic rings. The average molecular weight is 545 g/mol. The minimum atomic E-state index is -0.727. The Morgan fingerprint density at radius 1 is 1.10 bits per heavy atom. The molecule has 1 aromatic carbocycles. The first-order valence-electron chi connectivity index (χ1n) is 14.0. The summed E-state index contributed by atoms with van der Waals surface area (Å²) in [6, 6.07) is 6.57. The van der Waals surface area contributed by atoms with Crippen LogP contribution in [0, 0.1) is 17.3 Å². The van der Waals surface area contributed by atoms with E-state index in [4.69, 9.17) is 4.74 Å². The van der Waals surface area contributed by atoms with E-state index in [1.54, 1.807) is 12.1 Å². The average Bonchev–Trinajstić information content (AvgIpc) is 3.43. The molecule has 0 aromatic heterocycles. The van der Waals surface area contributed by atoms with Crippen LogP contribution in [0.1, 0.15) is 76.1 Å². The molecule has 39 heavy (non-hydrogen) atoms. The Morgan fingerprint density at radius 2 is 1.72 bits per heavy atom. The Labute approximate surface area is 231 Å². The maximum Gasteiger partial charge on any atom is 0.337 e. The van der Waals surface area contributed by atoms with Gasteiger partial charge in [0.1, 0.15) is 6.04 Å². The van der Waals surface area contributed by atoms with Crippen LogP contribution in [0.4, 0.5) is 5.69 Å². The van der Waals surface area contributed by atoms with Gasteiger partial charge >= 0.3 is 5.97 Å². The molecule has 2 atom stereocenters. The highest BCUT2D eigenvalue weighted by molar-refractivity contribution is 5.90. The van der Waals surface area contributed by atoms with E-state index in [0.717, 1.165) is 44.2 Å². The van der Waals surface area contributed by atoms with E-state index in [2.05, 4.69) is 10.6 Å². The molecule has 2 unspecified atom stereocenters. The predicted molar refractivity (Wildman–Crippen MR) is 147 cm³/mol. The maximum absolute atomic E-state index is 13.7. The van der Waals surface area contributed by atoms with Gasteiger partial charge in [-0.25, -0.2) is 9.86 Å². The van der Waals surface area contributed by atoms with Crippen molar-refractivity contribution < 1.29 is 29.1 Å². The van der Waals surface area contributed by atoms with Crippen molar-refractivity contribution in [2.75, 3.05) is 32.1 Å². The Balaban J connectivity index is 1.60. The number of anilines is 1. The van der Waals surface area contributed by atoms with E-state index in [0.29, 0.717) is 42.5 Å². The highest BCUT2D eigenvalue weighted by Crippen LogP contribution is 2.31. The molecule has 3 rings (SSSR count). The van der Waals surface area contributed by atoms with Crippen molar-refractivity contribution in [2.24, 2.45) is 17.3 Å². The third-order valence-electron chi connectivity index (χ3n) is 7.88. The highest BCUT2D eigenvalue weighted by atomic mass is 16.5. The standard InChI is InChI=1S/C29H44N4O6/c1-29(2,3)25(31-26(35)22(18-33(38)19-34)17-20-7-5-6-8-20)27(36)32-15-13-24(14-16-32)30-23-11-9-21(10-12-23)28(37)39-4/h9-12,19-20,22,24-25,30,38H,5-8,13-18H2,1-4H3,(H,31,35). The normalized spacial score (nSPS) is 18.2. The Morgan fingerprint density at radius 3 is 2.26 bits per heavy atom. The number of piperidine rings is 1. The van der Waals surface area contributed by atoms with Crippen LogP contribution < -0.4 is 10.6 Å². The largest absolute Gasteiger partial charge is 0.465 e. The van der Waals surface area contributed by atoms with Crippen molar-refractivity contribution in [2.45, 2.75) is 77.8 Å². The van der Waals surface area contributed by atoms with Crippen molar-refractivity contribution in [3.05, 3.63) is 29.8 Å². The molecule has 1 aliphatic carbocycles. The number of hydrogen-bond acceptors (Lipinski definition) is 7. The minimum absolute atomic E-state index is 0.0887. The van der Waals surface area contributed by atoms with Crippen molar-refractivity contribution in [1.29, 1.82) is 0 Å². The van der Waals surface area contributed by atoms with Gasteiger partial charge in [0.05, 0.1) is 25.1 Å². The summed E-state index contributed by atoms with van der Waals surface area (Å²) in [5.74, 6) is -0.999. The van der Waals surface area contributed by atoms with Crippen LogP contribution >= 0.6 is 0 Å².